The molecule has 52 valence electrons. The van der Waals surface area contributed by atoms with Crippen molar-refractivity contribution in [3.05, 3.63) is 0 Å². The SMILES string of the molecule is CC(=O)OCCOC=O. The van der Waals surface area contributed by atoms with E-state index in [1.807, 2.05) is 0 Å². The van der Waals surface area contributed by atoms with Gasteiger partial charge in [-0.2, -0.15) is 0 Å². The predicted octanol–water partition coefficient (Wildman–Crippen LogP) is -0.278. The van der Waals surface area contributed by atoms with Crippen molar-refractivity contribution in [2.75, 3.05) is 13.2 Å². The van der Waals surface area contributed by atoms with Crippen LogP contribution in [-0.4, -0.2) is 25.7 Å². The molecule has 0 rings (SSSR count). The van der Waals surface area contributed by atoms with Crippen LogP contribution >= 0.6 is 0 Å². The van der Waals surface area contributed by atoms with E-state index in [0.29, 0.717) is 6.47 Å². The van der Waals surface area contributed by atoms with E-state index in [4.69, 9.17) is 0 Å². The lowest BCUT2D eigenvalue weighted by molar-refractivity contribution is -0.145. The van der Waals surface area contributed by atoms with Crippen LogP contribution in [0, 0.1) is 0 Å². The van der Waals surface area contributed by atoms with Gasteiger partial charge in [-0.1, -0.05) is 0 Å². The van der Waals surface area contributed by atoms with Crippen LogP contribution in [0.25, 0.3) is 0 Å². The van der Waals surface area contributed by atoms with E-state index in [9.17, 15) is 9.59 Å². The average Bonchev–Trinajstić information content (AvgIpc) is 1.80. The summed E-state index contributed by atoms with van der Waals surface area (Å²) in [5, 5.41) is 0. The lowest BCUT2D eigenvalue weighted by Gasteiger charge is -1.97. The van der Waals surface area contributed by atoms with Crippen LogP contribution in [0.1, 0.15) is 6.92 Å². The molecule has 0 aromatic rings. The lowest BCUT2D eigenvalue weighted by Crippen LogP contribution is -2.06. The first kappa shape index (κ1) is 7.94. The molecule has 0 spiro atoms. The third kappa shape index (κ3) is 6.94. The number of rotatable bonds is 4. The third-order valence-corrected chi connectivity index (χ3v) is 0.575. The Balaban J connectivity index is 2.91. The van der Waals surface area contributed by atoms with E-state index >= 15 is 0 Å². The molecular formula is C5H8O4. The van der Waals surface area contributed by atoms with Gasteiger partial charge in [0.1, 0.15) is 13.2 Å². The zero-order chi connectivity index (χ0) is 7.11. The molecule has 0 aliphatic carbocycles. The van der Waals surface area contributed by atoms with Crippen LogP contribution in [0.3, 0.4) is 0 Å². The van der Waals surface area contributed by atoms with Crippen molar-refractivity contribution in [1.82, 2.24) is 0 Å². The fraction of sp³-hybridized carbons (Fsp3) is 0.600. The molecule has 0 unspecified atom stereocenters. The Kier molecular flexibility index (Phi) is 4.49. The highest BCUT2D eigenvalue weighted by Crippen LogP contribution is 1.75. The number of carbonyl (C=O) groups excluding carboxylic acids is 2. The Morgan fingerprint density at radius 1 is 1.56 bits per heavy atom. The molecule has 0 fully saturated rings. The zero-order valence-corrected chi connectivity index (χ0v) is 5.12. The number of esters is 1. The van der Waals surface area contributed by atoms with E-state index in [0.717, 1.165) is 0 Å². The van der Waals surface area contributed by atoms with Gasteiger partial charge in [0.2, 0.25) is 0 Å². The summed E-state index contributed by atoms with van der Waals surface area (Å²) in [6.45, 7) is 1.86. The molecule has 4 heteroatoms. The van der Waals surface area contributed by atoms with Gasteiger partial charge in [-0.25, -0.2) is 0 Å². The predicted molar refractivity (Wildman–Crippen MR) is 28.6 cm³/mol. The second-order valence-corrected chi connectivity index (χ2v) is 1.31. The van der Waals surface area contributed by atoms with Crippen molar-refractivity contribution >= 4 is 12.4 Å². The van der Waals surface area contributed by atoms with Gasteiger partial charge in [0.05, 0.1) is 0 Å². The molecule has 0 atom stereocenters. The van der Waals surface area contributed by atoms with Gasteiger partial charge in [-0.3, -0.25) is 9.59 Å². The van der Waals surface area contributed by atoms with Crippen molar-refractivity contribution in [2.45, 2.75) is 6.92 Å². The molecule has 9 heavy (non-hydrogen) atoms. The highest BCUT2D eigenvalue weighted by Gasteiger charge is 1.89. The van der Waals surface area contributed by atoms with Gasteiger partial charge in [0.25, 0.3) is 6.47 Å². The minimum Gasteiger partial charge on any atom is -0.464 e. The molecule has 0 bridgehead atoms. The summed E-state index contributed by atoms with van der Waals surface area (Å²) in [5.74, 6) is -0.371. The van der Waals surface area contributed by atoms with Crippen LogP contribution in [0.15, 0.2) is 0 Å². The molecule has 0 amide bonds. The molecule has 0 saturated carbocycles. The fourth-order valence-corrected chi connectivity index (χ4v) is 0.282. The maximum absolute atomic E-state index is 10.0. The number of carbonyl (C=O) groups is 2. The largest absolute Gasteiger partial charge is 0.464 e. The zero-order valence-electron chi connectivity index (χ0n) is 5.12. The molecule has 0 heterocycles. The maximum atomic E-state index is 10.0. The van der Waals surface area contributed by atoms with Crippen LogP contribution in [0.5, 0.6) is 0 Å². The summed E-state index contributed by atoms with van der Waals surface area (Å²) in [6, 6.07) is 0. The van der Waals surface area contributed by atoms with Crippen molar-refractivity contribution < 1.29 is 19.1 Å². The summed E-state index contributed by atoms with van der Waals surface area (Å²) < 4.78 is 8.65. The van der Waals surface area contributed by atoms with E-state index in [-0.39, 0.29) is 19.2 Å². The van der Waals surface area contributed by atoms with Crippen molar-refractivity contribution in [3.63, 3.8) is 0 Å². The van der Waals surface area contributed by atoms with E-state index in [1.165, 1.54) is 6.92 Å². The molecule has 0 radical (unpaired) electrons. The lowest BCUT2D eigenvalue weighted by atomic mass is 10.7. The number of ether oxygens (including phenoxy) is 2. The summed E-state index contributed by atoms with van der Waals surface area (Å²) >= 11 is 0. The molecule has 0 aliphatic rings. The Labute approximate surface area is 52.7 Å². The van der Waals surface area contributed by atoms with Gasteiger partial charge in [-0.15, -0.1) is 0 Å². The number of hydrogen-bond donors (Lipinski definition) is 0. The van der Waals surface area contributed by atoms with Crippen LogP contribution in [-0.2, 0) is 19.1 Å². The van der Waals surface area contributed by atoms with E-state index < -0.39 is 0 Å². The topological polar surface area (TPSA) is 52.6 Å². The Morgan fingerprint density at radius 2 is 2.22 bits per heavy atom. The Morgan fingerprint density at radius 3 is 2.67 bits per heavy atom. The summed E-state index contributed by atoms with van der Waals surface area (Å²) in [5.41, 5.74) is 0. The minimum absolute atomic E-state index is 0.128. The average molecular weight is 132 g/mol. The Bertz CT molecular complexity index is 99.1. The van der Waals surface area contributed by atoms with Gasteiger partial charge >= 0.3 is 5.97 Å². The summed E-state index contributed by atoms with van der Waals surface area (Å²) in [7, 11) is 0. The van der Waals surface area contributed by atoms with Gasteiger partial charge in [0, 0.05) is 6.92 Å². The van der Waals surface area contributed by atoms with Crippen LogP contribution in [0.4, 0.5) is 0 Å². The summed E-state index contributed by atoms with van der Waals surface area (Å²) in [6.07, 6.45) is 0. The molecule has 0 saturated heterocycles. The first-order valence-electron chi connectivity index (χ1n) is 2.46. The molecule has 0 aliphatic heterocycles. The monoisotopic (exact) mass is 132 g/mol. The third-order valence-electron chi connectivity index (χ3n) is 0.575. The first-order chi connectivity index (χ1) is 4.27. The quantitative estimate of drug-likeness (QED) is 0.300. The standard InChI is InChI=1S/C5H8O4/c1-5(7)9-3-2-8-4-6/h4H,2-3H2,1H3. The maximum Gasteiger partial charge on any atom is 0.302 e. The molecule has 0 aromatic carbocycles. The molecule has 0 aromatic heterocycles. The smallest absolute Gasteiger partial charge is 0.302 e. The van der Waals surface area contributed by atoms with Crippen molar-refractivity contribution in [3.8, 4) is 0 Å². The van der Waals surface area contributed by atoms with E-state index in [1.54, 1.807) is 0 Å². The second-order valence-electron chi connectivity index (χ2n) is 1.31. The summed E-state index contributed by atoms with van der Waals surface area (Å²) in [4.78, 5) is 19.5. The Hall–Kier alpha value is -1.06. The fourth-order valence-electron chi connectivity index (χ4n) is 0.282. The van der Waals surface area contributed by atoms with Gasteiger partial charge in [-0.05, 0) is 0 Å². The van der Waals surface area contributed by atoms with Gasteiger partial charge < -0.3 is 9.47 Å². The minimum atomic E-state index is -0.371. The van der Waals surface area contributed by atoms with Crippen LogP contribution in [0.2, 0.25) is 0 Å². The molecule has 4 nitrogen and oxygen atoms in total. The highest BCUT2D eigenvalue weighted by atomic mass is 16.6. The van der Waals surface area contributed by atoms with Crippen LogP contribution < -0.4 is 0 Å². The van der Waals surface area contributed by atoms with Crippen molar-refractivity contribution in [1.29, 1.82) is 0 Å². The van der Waals surface area contributed by atoms with Crippen molar-refractivity contribution in [2.24, 2.45) is 0 Å². The molecule has 0 N–H and O–H groups in total. The van der Waals surface area contributed by atoms with E-state index in [2.05, 4.69) is 9.47 Å². The number of hydrogen-bond acceptors (Lipinski definition) is 4. The highest BCUT2D eigenvalue weighted by molar-refractivity contribution is 5.65. The normalized spacial score (nSPS) is 8.11. The first-order valence-corrected chi connectivity index (χ1v) is 2.46. The second kappa shape index (κ2) is 5.08. The van der Waals surface area contributed by atoms with Gasteiger partial charge in [0.15, 0.2) is 0 Å². The molecular weight excluding hydrogens is 124 g/mol.